The highest BCUT2D eigenvalue weighted by atomic mass is 32.2. The monoisotopic (exact) mass is 912 g/mol. The molecule has 0 aliphatic heterocycles. The van der Waals surface area contributed by atoms with E-state index >= 15 is 0 Å². The maximum Gasteiger partial charge on any atom is 0.462 e. The van der Waals surface area contributed by atoms with Crippen molar-refractivity contribution in [2.75, 3.05) is 24.7 Å². The second-order valence-electron chi connectivity index (χ2n) is 9.25. The van der Waals surface area contributed by atoms with Crippen molar-refractivity contribution in [2.24, 2.45) is 0 Å². The van der Waals surface area contributed by atoms with Crippen molar-refractivity contribution in [3.63, 3.8) is 0 Å². The summed E-state index contributed by atoms with van der Waals surface area (Å²) in [6.07, 6.45) is -24.9. The summed E-state index contributed by atoms with van der Waals surface area (Å²) in [5.41, 5.74) is 0. The summed E-state index contributed by atoms with van der Waals surface area (Å²) in [4.78, 5) is 23.7. The normalized spacial score (nSPS) is 16.3. The van der Waals surface area contributed by atoms with Gasteiger partial charge in [-0.1, -0.05) is 37.4 Å². The van der Waals surface area contributed by atoms with Crippen LogP contribution in [-0.4, -0.2) is 114 Å². The van der Waals surface area contributed by atoms with E-state index in [0.29, 0.717) is 0 Å². The third kappa shape index (κ3) is 16.3. The van der Waals surface area contributed by atoms with Gasteiger partial charge in [0.15, 0.2) is 5.25 Å². The predicted octanol–water partition coefficient (Wildman–Crippen LogP) is 8.09. The van der Waals surface area contributed by atoms with Crippen LogP contribution in [-0.2, 0) is 38.7 Å². The smallest absolute Gasteiger partial charge is 0.462 e. The Morgan fingerprint density at radius 3 is 1.39 bits per heavy atom. The minimum absolute atomic E-state index is 0. The average Bonchev–Trinajstić information content (AvgIpc) is 2.94. The van der Waals surface area contributed by atoms with Crippen molar-refractivity contribution < 1.29 is 130 Å². The standard InChI is InChI=1S/C20H20F18O9S3.C2H6.2FH/c1-13(23,24)17(30,31)14(2,25)46-11(21)15(26,27)48-5-3-44-9(39)7-8(50(41,42)43)10(40)45-4-6-49-16(28,29)12(22)47-20(37,38)18(32,33)19(34,35)36;1-2;;/h8,11-12H,3-7H2,1-2H3,(H,41,42,43);1-2H3;2*1H. The number of hydrogen-bond acceptors (Lipinski definition) is 10. The van der Waals surface area contributed by atoms with Gasteiger partial charge in [-0.3, -0.25) is 28.3 Å². The first kappa shape index (κ1) is 58.8. The number of alkyl halides is 18. The van der Waals surface area contributed by atoms with Gasteiger partial charge >= 0.3 is 52.5 Å². The lowest BCUT2D eigenvalue weighted by molar-refractivity contribution is -0.446. The van der Waals surface area contributed by atoms with E-state index in [-0.39, 0.29) is 9.41 Å². The minimum atomic E-state index is -7.15. The molecule has 328 valence electrons. The molecule has 0 amide bonds. The molecule has 0 heterocycles. The Balaban J connectivity index is -0.00000307. The molecule has 0 rings (SSSR count). The van der Waals surface area contributed by atoms with Crippen LogP contribution in [0.5, 0.6) is 0 Å². The molecule has 0 fully saturated rings. The molecule has 0 saturated carbocycles. The van der Waals surface area contributed by atoms with Crippen LogP contribution in [0.25, 0.3) is 0 Å². The Hall–Kier alpha value is -1.93. The minimum Gasteiger partial charge on any atom is -0.465 e. The molecule has 0 radical (unpaired) electrons. The molecular weight excluding hydrogens is 884 g/mol. The zero-order valence-electron chi connectivity index (χ0n) is 26.8. The second kappa shape index (κ2) is 21.0. The van der Waals surface area contributed by atoms with Crippen LogP contribution in [0.2, 0.25) is 0 Å². The number of carbonyl (C=O) groups is 2. The van der Waals surface area contributed by atoms with E-state index in [0.717, 1.165) is 0 Å². The molecule has 0 aromatic heterocycles. The van der Waals surface area contributed by atoms with Gasteiger partial charge in [-0.15, -0.1) is 0 Å². The van der Waals surface area contributed by atoms with Crippen LogP contribution in [0.3, 0.4) is 0 Å². The molecule has 0 aliphatic rings. The Kier molecular flexibility index (Phi) is 22.9. The fraction of sp³-hybridized carbons (Fsp3) is 0.909. The molecule has 0 aliphatic carbocycles. The van der Waals surface area contributed by atoms with Crippen molar-refractivity contribution >= 4 is 45.6 Å². The van der Waals surface area contributed by atoms with Crippen molar-refractivity contribution in [1.82, 2.24) is 0 Å². The predicted molar refractivity (Wildman–Crippen MR) is 146 cm³/mol. The third-order valence-corrected chi connectivity index (χ3v) is 8.14. The van der Waals surface area contributed by atoms with Gasteiger partial charge in [0, 0.05) is 25.4 Å². The molecule has 4 atom stereocenters. The highest BCUT2D eigenvalue weighted by molar-refractivity contribution is 8.00. The number of carbonyl (C=O) groups excluding carboxylic acids is 2. The molecule has 0 bridgehead atoms. The van der Waals surface area contributed by atoms with Crippen LogP contribution < -0.4 is 0 Å². The quantitative estimate of drug-likeness (QED) is 0.0520. The Morgan fingerprint density at radius 2 is 1.04 bits per heavy atom. The SMILES string of the molecule is CC.CC(F)(F)C(F)(F)C(C)(F)OC(F)C(F)(F)SCCOC(=O)CC(C(=O)OCCSC(F)(F)C(F)OC(F)(F)C(F)(F)C(F)(F)F)S(=O)(=O)O.F.F. The lowest BCUT2D eigenvalue weighted by Crippen LogP contribution is -2.56. The van der Waals surface area contributed by atoms with E-state index in [2.05, 4.69) is 18.9 Å². The summed E-state index contributed by atoms with van der Waals surface area (Å²) in [7, 11) is -5.69. The molecule has 54 heavy (non-hydrogen) atoms. The summed E-state index contributed by atoms with van der Waals surface area (Å²) in [5, 5.41) is -13.4. The van der Waals surface area contributed by atoms with E-state index in [1.54, 1.807) is 0 Å². The Bertz CT molecular complexity index is 1260. The maximum atomic E-state index is 13.9. The first-order valence-electron chi connectivity index (χ1n) is 13.1. The first-order chi connectivity index (χ1) is 22.9. The van der Waals surface area contributed by atoms with Gasteiger partial charge in [-0.2, -0.15) is 74.3 Å². The number of thioether (sulfide) groups is 2. The summed E-state index contributed by atoms with van der Waals surface area (Å²) in [5.74, 6) is -30.0. The summed E-state index contributed by atoms with van der Waals surface area (Å²) in [6.45, 7) is 0.190. The van der Waals surface area contributed by atoms with Gasteiger partial charge in [0.2, 0.25) is 0 Å². The third-order valence-electron chi connectivity index (χ3n) is 5.18. The maximum absolute atomic E-state index is 13.9. The van der Waals surface area contributed by atoms with Crippen molar-refractivity contribution in [2.45, 2.75) is 98.5 Å². The Morgan fingerprint density at radius 1 is 0.667 bits per heavy atom. The topological polar surface area (TPSA) is 125 Å². The molecule has 0 spiro atoms. The van der Waals surface area contributed by atoms with Gasteiger partial charge < -0.3 is 14.2 Å². The summed E-state index contributed by atoms with van der Waals surface area (Å²) in [6, 6.07) is 0. The fourth-order valence-electron chi connectivity index (χ4n) is 2.56. The molecule has 0 saturated heterocycles. The lowest BCUT2D eigenvalue weighted by Gasteiger charge is -2.35. The highest BCUT2D eigenvalue weighted by Crippen LogP contribution is 2.50. The van der Waals surface area contributed by atoms with Gasteiger partial charge in [-0.05, 0) is 0 Å². The van der Waals surface area contributed by atoms with Crippen molar-refractivity contribution in [3.05, 3.63) is 0 Å². The van der Waals surface area contributed by atoms with E-state index < -0.39 is 155 Å². The lowest BCUT2D eigenvalue weighted by atomic mass is 10.1. The average molecular weight is 913 g/mol. The zero-order valence-corrected chi connectivity index (χ0v) is 29.3. The molecule has 0 aromatic rings. The van der Waals surface area contributed by atoms with Gasteiger partial charge in [0.25, 0.3) is 28.7 Å². The number of rotatable bonds is 21. The number of ether oxygens (including phenoxy) is 4. The van der Waals surface area contributed by atoms with Crippen LogP contribution in [0.1, 0.15) is 34.1 Å². The molecular formula is C22H28F20O9S3. The van der Waals surface area contributed by atoms with Crippen molar-refractivity contribution in [1.29, 1.82) is 0 Å². The van der Waals surface area contributed by atoms with Gasteiger partial charge in [-0.25, -0.2) is 13.2 Å². The number of halogens is 20. The van der Waals surface area contributed by atoms with Gasteiger partial charge in [0.1, 0.15) is 13.2 Å². The van der Waals surface area contributed by atoms with Crippen molar-refractivity contribution in [3.8, 4) is 0 Å². The second-order valence-corrected chi connectivity index (χ2v) is 13.3. The zero-order chi connectivity index (χ0) is 42.2. The van der Waals surface area contributed by atoms with Crippen LogP contribution in [0.15, 0.2) is 0 Å². The van der Waals surface area contributed by atoms with Gasteiger partial charge in [0.05, 0.1) is 6.42 Å². The number of esters is 2. The van der Waals surface area contributed by atoms with Crippen LogP contribution in [0, 0.1) is 0 Å². The molecule has 32 heteroatoms. The fourth-order valence-corrected chi connectivity index (χ4v) is 4.46. The van der Waals surface area contributed by atoms with E-state index in [1.807, 2.05) is 13.8 Å². The molecule has 9 nitrogen and oxygen atoms in total. The summed E-state index contributed by atoms with van der Waals surface area (Å²) < 4.78 is 282. The number of hydrogen-bond donors (Lipinski definition) is 1. The van der Waals surface area contributed by atoms with E-state index in [9.17, 15) is 97.0 Å². The summed E-state index contributed by atoms with van der Waals surface area (Å²) >= 11 is -2.18. The Labute approximate surface area is 298 Å². The molecule has 4 unspecified atom stereocenters. The van der Waals surface area contributed by atoms with E-state index in [4.69, 9.17) is 4.55 Å². The van der Waals surface area contributed by atoms with E-state index in [1.165, 1.54) is 0 Å². The molecule has 1 N–H and O–H groups in total. The highest BCUT2D eigenvalue weighted by Gasteiger charge is 2.76. The molecule has 0 aromatic carbocycles. The van der Waals surface area contributed by atoms with Crippen LogP contribution in [0.4, 0.5) is 88.4 Å². The van der Waals surface area contributed by atoms with Crippen LogP contribution >= 0.6 is 23.5 Å². The first-order valence-corrected chi connectivity index (χ1v) is 16.6. The largest absolute Gasteiger partial charge is 0.465 e.